The van der Waals surface area contributed by atoms with Crippen molar-refractivity contribution in [3.8, 4) is 0 Å². The number of carbonyl (C=O) groups is 1. The van der Waals surface area contributed by atoms with Gasteiger partial charge >= 0.3 is 0 Å². The summed E-state index contributed by atoms with van der Waals surface area (Å²) in [6, 6.07) is 4.41. The van der Waals surface area contributed by atoms with Gasteiger partial charge in [0.1, 0.15) is 16.9 Å². The summed E-state index contributed by atoms with van der Waals surface area (Å²) in [5.41, 5.74) is 5.59. The lowest BCUT2D eigenvalue weighted by Gasteiger charge is -2.47. The maximum Gasteiger partial charge on any atom is 0.295 e. The fourth-order valence-corrected chi connectivity index (χ4v) is 4.17. The summed E-state index contributed by atoms with van der Waals surface area (Å²) in [7, 11) is 2.20. The average Bonchev–Trinajstić information content (AvgIpc) is 2.90. The van der Waals surface area contributed by atoms with Gasteiger partial charge in [0.15, 0.2) is 5.58 Å². The van der Waals surface area contributed by atoms with Crippen LogP contribution in [0.15, 0.2) is 16.5 Å². The minimum absolute atomic E-state index is 0.179. The minimum Gasteiger partial charge on any atom is -0.424 e. The molecular formula is C17H21FN4O2. The molecule has 0 aliphatic carbocycles. The number of fused-ring (bicyclic) bond motifs is 3. The van der Waals surface area contributed by atoms with Crippen molar-refractivity contribution in [2.75, 3.05) is 12.4 Å². The van der Waals surface area contributed by atoms with Crippen LogP contribution in [0, 0.1) is 5.82 Å². The number of nitrogens with zero attached hydrogens (tertiary/aromatic N) is 2. The highest BCUT2D eigenvalue weighted by Crippen LogP contribution is 2.34. The highest BCUT2D eigenvalue weighted by atomic mass is 19.1. The number of rotatable bonds is 3. The summed E-state index contributed by atoms with van der Waals surface area (Å²) in [4.78, 5) is 18.2. The molecule has 1 aromatic carbocycles. The topological polar surface area (TPSA) is 84.4 Å². The van der Waals surface area contributed by atoms with Gasteiger partial charge in [-0.1, -0.05) is 6.42 Å². The van der Waals surface area contributed by atoms with Crippen molar-refractivity contribution in [2.24, 2.45) is 5.73 Å². The number of nitrogens with one attached hydrogen (secondary N) is 1. The van der Waals surface area contributed by atoms with Crippen LogP contribution in [0.4, 0.5) is 10.4 Å². The zero-order valence-corrected chi connectivity index (χ0v) is 13.6. The Morgan fingerprint density at radius 2 is 2.08 bits per heavy atom. The summed E-state index contributed by atoms with van der Waals surface area (Å²) in [6.07, 6.45) is 5.79. The van der Waals surface area contributed by atoms with E-state index in [9.17, 15) is 9.18 Å². The number of nitrogens with two attached hydrogens (primary N) is 1. The van der Waals surface area contributed by atoms with E-state index in [1.54, 1.807) is 0 Å². The first-order valence-corrected chi connectivity index (χ1v) is 8.40. The summed E-state index contributed by atoms with van der Waals surface area (Å²) in [5.74, 6) is -1.52. The molecule has 1 amide bonds. The second-order valence-electron chi connectivity index (χ2n) is 6.87. The molecular weight excluding hydrogens is 311 g/mol. The molecule has 2 atom stereocenters. The van der Waals surface area contributed by atoms with Crippen LogP contribution in [0.25, 0.3) is 11.1 Å². The molecule has 2 aliphatic rings. The van der Waals surface area contributed by atoms with Gasteiger partial charge < -0.3 is 20.4 Å². The standard InChI is InChI=1S/C17H21FN4O2/c1-22-10-3-2-4-11(22)8-9(7-10)20-17-21-15-13(24-17)6-5-12(18)14(15)16(19)23/h5-6,9-11H,2-4,7-8H2,1H3,(H2,19,23)(H,20,21). The first kappa shape index (κ1) is 15.4. The van der Waals surface area contributed by atoms with E-state index >= 15 is 0 Å². The predicted octanol–water partition coefficient (Wildman–Crippen LogP) is 2.49. The fourth-order valence-electron chi connectivity index (χ4n) is 4.17. The van der Waals surface area contributed by atoms with E-state index in [0.29, 0.717) is 23.7 Å². The first-order valence-electron chi connectivity index (χ1n) is 8.40. The maximum absolute atomic E-state index is 13.8. The molecule has 0 spiro atoms. The molecule has 2 bridgehead atoms. The lowest BCUT2D eigenvalue weighted by molar-refractivity contribution is 0.0604. The third-order valence-electron chi connectivity index (χ3n) is 5.42. The van der Waals surface area contributed by atoms with Crippen molar-refractivity contribution in [1.29, 1.82) is 0 Å². The Bertz CT molecular complexity index is 776. The third kappa shape index (κ3) is 2.53. The Balaban J connectivity index is 1.59. The van der Waals surface area contributed by atoms with Gasteiger partial charge in [-0.15, -0.1) is 0 Å². The maximum atomic E-state index is 13.8. The van der Waals surface area contributed by atoms with E-state index < -0.39 is 11.7 Å². The molecule has 2 saturated heterocycles. The number of piperidine rings is 2. The molecule has 3 heterocycles. The van der Waals surface area contributed by atoms with Crippen LogP contribution in [0.5, 0.6) is 0 Å². The molecule has 0 radical (unpaired) electrons. The lowest BCUT2D eigenvalue weighted by Crippen LogP contribution is -2.52. The highest BCUT2D eigenvalue weighted by Gasteiger charge is 2.36. The Morgan fingerprint density at radius 1 is 1.38 bits per heavy atom. The van der Waals surface area contributed by atoms with E-state index in [2.05, 4.69) is 22.2 Å². The number of benzene rings is 1. The molecule has 3 N–H and O–H groups in total. The number of amides is 1. The molecule has 0 saturated carbocycles. The molecule has 1 aromatic heterocycles. The number of oxazole rings is 1. The lowest BCUT2D eigenvalue weighted by atomic mass is 9.82. The van der Waals surface area contributed by atoms with Crippen molar-refractivity contribution in [3.05, 3.63) is 23.5 Å². The number of carbonyl (C=O) groups excluding carboxylic acids is 1. The quantitative estimate of drug-likeness (QED) is 0.902. The van der Waals surface area contributed by atoms with Crippen LogP contribution in [0.2, 0.25) is 0 Å². The van der Waals surface area contributed by atoms with Gasteiger partial charge in [-0.2, -0.15) is 4.98 Å². The van der Waals surface area contributed by atoms with Crippen molar-refractivity contribution in [1.82, 2.24) is 9.88 Å². The van der Waals surface area contributed by atoms with Crippen molar-refractivity contribution in [3.63, 3.8) is 0 Å². The number of halogens is 1. The molecule has 6 nitrogen and oxygen atoms in total. The van der Waals surface area contributed by atoms with E-state index in [1.165, 1.54) is 31.4 Å². The van der Waals surface area contributed by atoms with Crippen molar-refractivity contribution in [2.45, 2.75) is 50.2 Å². The van der Waals surface area contributed by atoms with E-state index in [0.717, 1.165) is 12.8 Å². The number of hydrogen-bond acceptors (Lipinski definition) is 5. The monoisotopic (exact) mass is 332 g/mol. The van der Waals surface area contributed by atoms with E-state index in [1.807, 2.05) is 0 Å². The van der Waals surface area contributed by atoms with Gasteiger partial charge in [0.2, 0.25) is 0 Å². The molecule has 2 fully saturated rings. The number of primary amides is 1. The van der Waals surface area contributed by atoms with Crippen LogP contribution < -0.4 is 11.1 Å². The Morgan fingerprint density at radius 3 is 2.75 bits per heavy atom. The van der Waals surface area contributed by atoms with E-state index in [4.69, 9.17) is 10.2 Å². The minimum atomic E-state index is -0.841. The second-order valence-corrected chi connectivity index (χ2v) is 6.87. The predicted molar refractivity (Wildman–Crippen MR) is 88.3 cm³/mol. The number of aromatic nitrogens is 1. The van der Waals surface area contributed by atoms with Gasteiger partial charge in [-0.25, -0.2) is 4.39 Å². The molecule has 2 aliphatic heterocycles. The first-order chi connectivity index (χ1) is 11.5. The molecule has 2 unspecified atom stereocenters. The third-order valence-corrected chi connectivity index (χ3v) is 5.42. The van der Waals surface area contributed by atoms with Gasteiger partial charge in [-0.05, 0) is 44.9 Å². The smallest absolute Gasteiger partial charge is 0.295 e. The van der Waals surface area contributed by atoms with Gasteiger partial charge in [0.25, 0.3) is 11.9 Å². The van der Waals surface area contributed by atoms with Gasteiger partial charge in [0.05, 0.1) is 0 Å². The molecule has 7 heteroatoms. The number of hydrogen-bond donors (Lipinski definition) is 2. The Hall–Kier alpha value is -2.15. The van der Waals surface area contributed by atoms with Gasteiger partial charge in [0, 0.05) is 18.1 Å². The SMILES string of the molecule is CN1C2CCCC1CC(Nc1nc3c(C(N)=O)c(F)ccc3o1)C2. The van der Waals surface area contributed by atoms with Crippen LogP contribution in [-0.2, 0) is 0 Å². The number of anilines is 1. The zero-order valence-electron chi connectivity index (χ0n) is 13.6. The van der Waals surface area contributed by atoms with E-state index in [-0.39, 0.29) is 17.1 Å². The van der Waals surface area contributed by atoms with Crippen LogP contribution >= 0.6 is 0 Å². The van der Waals surface area contributed by atoms with Crippen LogP contribution in [0.3, 0.4) is 0 Å². The largest absolute Gasteiger partial charge is 0.424 e. The molecule has 24 heavy (non-hydrogen) atoms. The summed E-state index contributed by atoms with van der Waals surface area (Å²) in [5, 5.41) is 3.33. The Labute approximate surface area is 139 Å². The Kier molecular flexibility index (Phi) is 3.68. The second kappa shape index (κ2) is 5.73. The van der Waals surface area contributed by atoms with Crippen LogP contribution in [-0.4, -0.2) is 41.0 Å². The summed E-state index contributed by atoms with van der Waals surface area (Å²) < 4.78 is 19.5. The summed E-state index contributed by atoms with van der Waals surface area (Å²) >= 11 is 0. The fraction of sp³-hybridized carbons (Fsp3) is 0.529. The average molecular weight is 332 g/mol. The molecule has 2 aromatic rings. The molecule has 128 valence electrons. The van der Waals surface area contributed by atoms with Crippen LogP contribution in [0.1, 0.15) is 42.5 Å². The van der Waals surface area contributed by atoms with Crippen molar-refractivity contribution < 1.29 is 13.6 Å². The normalized spacial score (nSPS) is 27.3. The molecule has 4 rings (SSSR count). The van der Waals surface area contributed by atoms with Crippen molar-refractivity contribution >= 4 is 23.0 Å². The highest BCUT2D eigenvalue weighted by molar-refractivity contribution is 6.04. The zero-order chi connectivity index (χ0) is 16.8. The summed E-state index contributed by atoms with van der Waals surface area (Å²) in [6.45, 7) is 0. The van der Waals surface area contributed by atoms with Gasteiger partial charge in [-0.3, -0.25) is 4.79 Å².